The molecule has 4 aromatic rings. The fourth-order valence-corrected chi connectivity index (χ4v) is 3.95. The van der Waals surface area contributed by atoms with Gasteiger partial charge in [0.1, 0.15) is 0 Å². The van der Waals surface area contributed by atoms with Crippen LogP contribution in [0.3, 0.4) is 0 Å². The van der Waals surface area contributed by atoms with Crippen LogP contribution in [-0.4, -0.2) is 30.4 Å². The number of benzene rings is 1. The molecule has 9 heteroatoms. The number of nitrogens with zero attached hydrogens (tertiary/aromatic N) is 6. The first-order valence-corrected chi connectivity index (χ1v) is 9.78. The van der Waals surface area contributed by atoms with Crippen LogP contribution in [0.2, 0.25) is 0 Å². The molecule has 0 saturated carbocycles. The lowest BCUT2D eigenvalue weighted by molar-refractivity contribution is 0.509. The van der Waals surface area contributed by atoms with E-state index in [1.54, 1.807) is 16.0 Å². The van der Waals surface area contributed by atoms with Gasteiger partial charge in [0.15, 0.2) is 0 Å². The minimum Gasteiger partial charge on any atom is -0.419 e. The second kappa shape index (κ2) is 7.00. The van der Waals surface area contributed by atoms with E-state index in [4.69, 9.17) is 4.42 Å². The van der Waals surface area contributed by atoms with Gasteiger partial charge in [0, 0.05) is 0 Å². The molecule has 0 amide bonds. The maximum atomic E-state index is 5.82. The minimum absolute atomic E-state index is 0.0777. The Morgan fingerprint density at radius 2 is 2.00 bits per heavy atom. The van der Waals surface area contributed by atoms with E-state index >= 15 is 0 Å². The van der Waals surface area contributed by atoms with Crippen molar-refractivity contribution in [3.8, 4) is 16.5 Å². The van der Waals surface area contributed by atoms with Crippen molar-refractivity contribution in [3.63, 3.8) is 0 Å². The maximum Gasteiger partial charge on any atom is 0.257 e. The molecule has 0 aliphatic carbocycles. The second-order valence-electron chi connectivity index (χ2n) is 5.78. The molecule has 0 aliphatic rings. The Labute approximate surface area is 158 Å². The Hall–Kier alpha value is -2.52. The van der Waals surface area contributed by atoms with Gasteiger partial charge < -0.3 is 4.42 Å². The van der Waals surface area contributed by atoms with Crippen LogP contribution in [0.4, 0.5) is 0 Å². The first-order chi connectivity index (χ1) is 12.6. The molecule has 0 spiro atoms. The first-order valence-electron chi connectivity index (χ1n) is 8.02. The van der Waals surface area contributed by atoms with Crippen molar-refractivity contribution < 1.29 is 4.42 Å². The van der Waals surface area contributed by atoms with Crippen molar-refractivity contribution >= 4 is 23.1 Å². The van der Waals surface area contributed by atoms with Gasteiger partial charge in [0.2, 0.25) is 11.0 Å². The highest BCUT2D eigenvalue weighted by Crippen LogP contribution is 2.35. The van der Waals surface area contributed by atoms with E-state index in [1.807, 2.05) is 36.6 Å². The van der Waals surface area contributed by atoms with Crippen LogP contribution in [0.1, 0.15) is 29.2 Å². The van der Waals surface area contributed by atoms with Crippen molar-refractivity contribution in [1.29, 1.82) is 0 Å². The molecule has 0 saturated heterocycles. The molecule has 7 nitrogen and oxygen atoms in total. The summed E-state index contributed by atoms with van der Waals surface area (Å²) in [5, 5.41) is 23.1. The lowest BCUT2D eigenvalue weighted by Crippen LogP contribution is -2.03. The van der Waals surface area contributed by atoms with E-state index in [0.717, 1.165) is 16.1 Å². The van der Waals surface area contributed by atoms with Crippen LogP contribution in [-0.2, 0) is 0 Å². The zero-order valence-electron chi connectivity index (χ0n) is 14.4. The van der Waals surface area contributed by atoms with E-state index in [2.05, 4.69) is 45.6 Å². The van der Waals surface area contributed by atoms with Gasteiger partial charge in [-0.3, -0.25) is 0 Å². The maximum absolute atomic E-state index is 5.82. The minimum atomic E-state index is -0.0777. The Morgan fingerprint density at radius 3 is 2.81 bits per heavy atom. The molecule has 1 atom stereocenters. The highest BCUT2D eigenvalue weighted by molar-refractivity contribution is 7.99. The summed E-state index contributed by atoms with van der Waals surface area (Å²) in [6, 6.07) is 10.0. The molecular weight excluding hydrogens is 368 g/mol. The summed E-state index contributed by atoms with van der Waals surface area (Å²) < 4.78 is 7.57. The molecule has 3 heterocycles. The first kappa shape index (κ1) is 16.9. The Balaban J connectivity index is 1.59. The van der Waals surface area contributed by atoms with Gasteiger partial charge in [0.25, 0.3) is 5.89 Å². The number of hydrogen-bond acceptors (Lipinski definition) is 8. The predicted octanol–water partition coefficient (Wildman–Crippen LogP) is 4.24. The second-order valence-corrected chi connectivity index (χ2v) is 8.03. The molecule has 0 bridgehead atoms. The molecule has 0 radical (unpaired) electrons. The van der Waals surface area contributed by atoms with Crippen LogP contribution in [0.5, 0.6) is 0 Å². The number of aryl methyl sites for hydroxylation is 1. The smallest absolute Gasteiger partial charge is 0.257 e. The highest BCUT2D eigenvalue weighted by atomic mass is 32.2. The van der Waals surface area contributed by atoms with Gasteiger partial charge >= 0.3 is 0 Å². The topological polar surface area (TPSA) is 82.5 Å². The highest BCUT2D eigenvalue weighted by Gasteiger charge is 2.21. The lowest BCUT2D eigenvalue weighted by Gasteiger charge is -2.10. The molecule has 0 N–H and O–H groups in total. The number of rotatable bonds is 5. The van der Waals surface area contributed by atoms with Crippen LogP contribution < -0.4 is 0 Å². The zero-order chi connectivity index (χ0) is 18.1. The SMILES string of the molecule is Cc1cccc(-n2nnnc2SC(C)c2nnc(-c3cccs3)o2)c1C. The average molecular weight is 384 g/mol. The third-order valence-electron chi connectivity index (χ3n) is 4.05. The summed E-state index contributed by atoms with van der Waals surface area (Å²) in [5.74, 6) is 1.09. The van der Waals surface area contributed by atoms with Gasteiger partial charge in [-0.25, -0.2) is 0 Å². The molecule has 1 aromatic carbocycles. The summed E-state index contributed by atoms with van der Waals surface area (Å²) in [6.07, 6.45) is 0. The lowest BCUT2D eigenvalue weighted by atomic mass is 10.1. The molecule has 1 unspecified atom stereocenters. The molecule has 3 aromatic heterocycles. The van der Waals surface area contributed by atoms with Crippen molar-refractivity contribution in [2.45, 2.75) is 31.2 Å². The van der Waals surface area contributed by atoms with Gasteiger partial charge in [0.05, 0.1) is 15.8 Å². The van der Waals surface area contributed by atoms with Gasteiger partial charge in [-0.1, -0.05) is 30.0 Å². The van der Waals surface area contributed by atoms with Crippen LogP contribution in [0.25, 0.3) is 16.5 Å². The Kier molecular flexibility index (Phi) is 4.56. The average Bonchev–Trinajstić information content (AvgIpc) is 3.38. The van der Waals surface area contributed by atoms with E-state index < -0.39 is 0 Å². The number of aromatic nitrogens is 6. The van der Waals surface area contributed by atoms with E-state index in [0.29, 0.717) is 16.9 Å². The van der Waals surface area contributed by atoms with E-state index in [-0.39, 0.29) is 5.25 Å². The van der Waals surface area contributed by atoms with Crippen LogP contribution >= 0.6 is 23.1 Å². The molecule has 4 rings (SSSR count). The fraction of sp³-hybridized carbons (Fsp3) is 0.235. The third kappa shape index (κ3) is 3.15. The number of tetrazole rings is 1. The normalized spacial score (nSPS) is 12.4. The molecular formula is C17H16N6OS2. The van der Waals surface area contributed by atoms with Crippen molar-refractivity contribution in [2.75, 3.05) is 0 Å². The summed E-state index contributed by atoms with van der Waals surface area (Å²) >= 11 is 3.05. The third-order valence-corrected chi connectivity index (χ3v) is 5.93. The summed E-state index contributed by atoms with van der Waals surface area (Å²) in [7, 11) is 0. The molecule has 132 valence electrons. The number of thiophene rings is 1. The van der Waals surface area contributed by atoms with Crippen LogP contribution in [0, 0.1) is 13.8 Å². The summed E-state index contributed by atoms with van der Waals surface area (Å²) in [4.78, 5) is 0.959. The number of thioether (sulfide) groups is 1. The van der Waals surface area contributed by atoms with E-state index in [9.17, 15) is 0 Å². The molecule has 26 heavy (non-hydrogen) atoms. The zero-order valence-corrected chi connectivity index (χ0v) is 16.1. The summed E-state index contributed by atoms with van der Waals surface area (Å²) in [5.41, 5.74) is 3.31. The Morgan fingerprint density at radius 1 is 1.12 bits per heavy atom. The summed E-state index contributed by atoms with van der Waals surface area (Å²) in [6.45, 7) is 6.14. The molecule has 0 aliphatic heterocycles. The van der Waals surface area contributed by atoms with Crippen molar-refractivity contribution in [3.05, 3.63) is 52.7 Å². The Bertz CT molecular complexity index is 1020. The van der Waals surface area contributed by atoms with Crippen molar-refractivity contribution in [2.24, 2.45) is 0 Å². The largest absolute Gasteiger partial charge is 0.419 e. The van der Waals surface area contributed by atoms with Crippen molar-refractivity contribution in [1.82, 2.24) is 30.4 Å². The quantitative estimate of drug-likeness (QED) is 0.476. The molecule has 0 fully saturated rings. The van der Waals surface area contributed by atoms with Gasteiger partial charge in [-0.15, -0.1) is 26.6 Å². The number of hydrogen-bond donors (Lipinski definition) is 0. The fourth-order valence-electron chi connectivity index (χ4n) is 2.48. The monoisotopic (exact) mass is 384 g/mol. The van der Waals surface area contributed by atoms with Gasteiger partial charge in [-0.2, -0.15) is 4.68 Å². The standard InChI is InChI=1S/C17H16N6OS2/c1-10-6-4-7-13(11(10)2)23-17(20-21-22-23)26-12(3)15-18-19-16(24-15)14-8-5-9-25-14/h4-9,12H,1-3H3. The van der Waals surface area contributed by atoms with Crippen LogP contribution in [0.15, 0.2) is 45.3 Å². The van der Waals surface area contributed by atoms with Gasteiger partial charge in [-0.05, 0) is 59.8 Å². The van der Waals surface area contributed by atoms with E-state index in [1.165, 1.54) is 17.3 Å². The predicted molar refractivity (Wildman–Crippen MR) is 101 cm³/mol.